The zero-order valence-electron chi connectivity index (χ0n) is 31.1. The van der Waals surface area contributed by atoms with Gasteiger partial charge in [-0.3, -0.25) is 0 Å². The smallest absolute Gasteiger partial charge is 0.160 e. The summed E-state index contributed by atoms with van der Waals surface area (Å²) < 4.78 is 0. The van der Waals surface area contributed by atoms with E-state index in [2.05, 4.69) is 173 Å². The summed E-state index contributed by atoms with van der Waals surface area (Å²) in [6.45, 7) is 9.53. The van der Waals surface area contributed by atoms with E-state index in [0.717, 1.165) is 39.5 Å². The Morgan fingerprint density at radius 3 is 1.54 bits per heavy atom. The largest absolute Gasteiger partial charge is 0.228 e. The molecule has 0 aliphatic heterocycles. The van der Waals surface area contributed by atoms with Crippen LogP contribution >= 0.6 is 0 Å². The summed E-state index contributed by atoms with van der Waals surface area (Å²) in [4.78, 5) is 10.1. The molecule has 0 amide bonds. The van der Waals surface area contributed by atoms with Gasteiger partial charge in [0.15, 0.2) is 5.82 Å². The molecule has 2 aliphatic rings. The number of hydrogen-bond acceptors (Lipinski definition) is 2. The average molecular weight is 693 g/mol. The van der Waals surface area contributed by atoms with Crippen LogP contribution in [0.25, 0.3) is 78.4 Å². The van der Waals surface area contributed by atoms with Crippen LogP contribution in [-0.2, 0) is 10.8 Å². The molecular weight excluding hydrogens is 653 g/mol. The van der Waals surface area contributed by atoms with Gasteiger partial charge in [0.1, 0.15) is 0 Å². The van der Waals surface area contributed by atoms with Gasteiger partial charge in [-0.25, -0.2) is 9.97 Å². The Bertz CT molecular complexity index is 2700. The van der Waals surface area contributed by atoms with Gasteiger partial charge in [-0.2, -0.15) is 0 Å². The molecule has 0 fully saturated rings. The summed E-state index contributed by atoms with van der Waals surface area (Å²) in [5, 5.41) is 0. The lowest BCUT2D eigenvalue weighted by Gasteiger charge is -2.24. The third-order valence-corrected chi connectivity index (χ3v) is 11.9. The van der Waals surface area contributed by atoms with Gasteiger partial charge in [0.25, 0.3) is 0 Å². The van der Waals surface area contributed by atoms with Crippen LogP contribution in [0.5, 0.6) is 0 Å². The quantitative estimate of drug-likeness (QED) is 0.179. The zero-order valence-corrected chi connectivity index (χ0v) is 31.1. The molecule has 7 aromatic carbocycles. The number of nitrogens with zero attached hydrogens (tertiary/aromatic N) is 2. The predicted molar refractivity (Wildman–Crippen MR) is 224 cm³/mol. The topological polar surface area (TPSA) is 25.8 Å². The molecule has 8 aromatic rings. The number of hydrogen-bond donors (Lipinski definition) is 0. The van der Waals surface area contributed by atoms with Crippen molar-refractivity contribution in [2.45, 2.75) is 38.5 Å². The normalized spacial score (nSPS) is 14.2. The Kier molecular flexibility index (Phi) is 7.22. The van der Waals surface area contributed by atoms with Gasteiger partial charge < -0.3 is 0 Å². The third-order valence-electron chi connectivity index (χ3n) is 11.9. The highest BCUT2D eigenvalue weighted by atomic mass is 14.9. The second-order valence-corrected chi connectivity index (χ2v) is 15.8. The minimum Gasteiger partial charge on any atom is -0.228 e. The Hall–Kier alpha value is -6.38. The highest BCUT2D eigenvalue weighted by Gasteiger charge is 2.42. The summed E-state index contributed by atoms with van der Waals surface area (Å²) in [6, 6.07) is 61.4. The van der Waals surface area contributed by atoms with Crippen molar-refractivity contribution in [3.8, 4) is 78.4 Å². The average Bonchev–Trinajstić information content (AvgIpc) is 3.59. The van der Waals surface area contributed by atoms with Crippen LogP contribution in [0.1, 0.15) is 49.9 Å². The van der Waals surface area contributed by atoms with Gasteiger partial charge >= 0.3 is 0 Å². The molecule has 0 atom stereocenters. The maximum absolute atomic E-state index is 5.11. The maximum atomic E-state index is 5.11. The van der Waals surface area contributed by atoms with E-state index in [1.807, 2.05) is 24.3 Å². The fraction of sp³-hybridized carbons (Fsp3) is 0.115. The molecule has 2 aliphatic carbocycles. The van der Waals surface area contributed by atoms with Crippen LogP contribution in [0.4, 0.5) is 0 Å². The summed E-state index contributed by atoms with van der Waals surface area (Å²) in [5.74, 6) is 0.721. The second kappa shape index (κ2) is 12.1. The van der Waals surface area contributed by atoms with Crippen LogP contribution in [0.2, 0.25) is 0 Å². The summed E-state index contributed by atoms with van der Waals surface area (Å²) >= 11 is 0. The lowest BCUT2D eigenvalue weighted by atomic mass is 9.79. The number of benzene rings is 7. The Morgan fingerprint density at radius 2 is 0.796 bits per heavy atom. The lowest BCUT2D eigenvalue weighted by molar-refractivity contribution is 0.652. The van der Waals surface area contributed by atoms with Crippen LogP contribution in [0.15, 0.2) is 170 Å². The molecule has 0 bridgehead atoms. The molecule has 10 rings (SSSR count). The molecule has 0 N–H and O–H groups in total. The Labute approximate surface area is 317 Å². The lowest BCUT2D eigenvalue weighted by Crippen LogP contribution is -2.16. The molecule has 2 nitrogen and oxygen atoms in total. The monoisotopic (exact) mass is 692 g/mol. The van der Waals surface area contributed by atoms with E-state index in [1.165, 1.54) is 61.2 Å². The number of fused-ring (bicyclic) bond motifs is 6. The van der Waals surface area contributed by atoms with Crippen molar-refractivity contribution in [2.75, 3.05) is 0 Å². The van der Waals surface area contributed by atoms with Gasteiger partial charge in [-0.15, -0.1) is 0 Å². The van der Waals surface area contributed by atoms with Gasteiger partial charge in [-0.1, -0.05) is 167 Å². The van der Waals surface area contributed by atoms with Crippen molar-refractivity contribution < 1.29 is 0 Å². The van der Waals surface area contributed by atoms with Crippen LogP contribution in [0.3, 0.4) is 0 Å². The van der Waals surface area contributed by atoms with Crippen molar-refractivity contribution in [3.63, 3.8) is 0 Å². The fourth-order valence-corrected chi connectivity index (χ4v) is 9.01. The molecule has 0 saturated carbocycles. The van der Waals surface area contributed by atoms with Crippen molar-refractivity contribution in [1.82, 2.24) is 9.97 Å². The molecule has 0 spiro atoms. The van der Waals surface area contributed by atoms with E-state index < -0.39 is 0 Å². The van der Waals surface area contributed by atoms with E-state index in [4.69, 9.17) is 9.97 Å². The van der Waals surface area contributed by atoms with Crippen molar-refractivity contribution in [2.24, 2.45) is 0 Å². The molecular formula is C52H40N2. The van der Waals surface area contributed by atoms with Crippen molar-refractivity contribution in [1.29, 1.82) is 0 Å². The maximum Gasteiger partial charge on any atom is 0.160 e. The predicted octanol–water partition coefficient (Wildman–Crippen LogP) is 13.4. The van der Waals surface area contributed by atoms with E-state index in [0.29, 0.717) is 0 Å². The molecule has 258 valence electrons. The minimum absolute atomic E-state index is 0.0544. The summed E-state index contributed by atoms with van der Waals surface area (Å²) in [7, 11) is 0. The Balaban J connectivity index is 1.07. The number of rotatable bonds is 5. The summed E-state index contributed by atoms with van der Waals surface area (Å²) in [5.41, 5.74) is 20.7. The molecule has 2 heteroatoms. The van der Waals surface area contributed by atoms with Gasteiger partial charge in [-0.05, 0) is 97.1 Å². The van der Waals surface area contributed by atoms with Gasteiger partial charge in [0, 0.05) is 27.5 Å². The van der Waals surface area contributed by atoms with Crippen LogP contribution in [0, 0.1) is 0 Å². The third kappa shape index (κ3) is 5.01. The van der Waals surface area contributed by atoms with Gasteiger partial charge in [0.05, 0.1) is 11.4 Å². The second-order valence-electron chi connectivity index (χ2n) is 15.8. The van der Waals surface area contributed by atoms with Crippen molar-refractivity contribution >= 4 is 0 Å². The highest BCUT2D eigenvalue weighted by Crippen LogP contribution is 2.57. The first-order valence-corrected chi connectivity index (χ1v) is 18.9. The van der Waals surface area contributed by atoms with E-state index in [-0.39, 0.29) is 10.8 Å². The highest BCUT2D eigenvalue weighted by molar-refractivity contribution is 5.96. The molecule has 1 heterocycles. The molecule has 0 radical (unpaired) electrons. The first-order valence-electron chi connectivity index (χ1n) is 18.9. The van der Waals surface area contributed by atoms with E-state index >= 15 is 0 Å². The summed E-state index contributed by atoms with van der Waals surface area (Å²) in [6.07, 6.45) is 0. The molecule has 0 saturated heterocycles. The standard InChI is InChI=1S/C52H40N2/c1-51(2)43-26-12-11-24-40(43)41-30-46-42(31-45(41)51)49-39(25-15-27-44(49)52(46,3)4)37-22-13-20-35(28-37)36-21-14-23-38(29-36)48-32-47(33-16-7-5-8-17-33)53-50(54-48)34-18-9-6-10-19-34/h5-32H,1-4H3. The van der Waals surface area contributed by atoms with E-state index in [1.54, 1.807) is 0 Å². The van der Waals surface area contributed by atoms with Crippen LogP contribution < -0.4 is 0 Å². The Morgan fingerprint density at radius 1 is 0.315 bits per heavy atom. The first kappa shape index (κ1) is 32.3. The number of aromatic nitrogens is 2. The SMILES string of the molecule is CC1(C)c2ccccc2-c2cc3c(cc21)-c1c(-c2cccc(-c4cccc(-c5cc(-c6ccccc6)nc(-c6ccccc6)n5)c4)c2)cccc1C3(C)C. The van der Waals surface area contributed by atoms with Gasteiger partial charge in [0.2, 0.25) is 0 Å². The first-order chi connectivity index (χ1) is 26.3. The molecule has 54 heavy (non-hydrogen) atoms. The van der Waals surface area contributed by atoms with E-state index in [9.17, 15) is 0 Å². The molecule has 1 aromatic heterocycles. The molecule has 0 unspecified atom stereocenters. The fourth-order valence-electron chi connectivity index (χ4n) is 9.01. The minimum atomic E-state index is -0.113. The van der Waals surface area contributed by atoms with Crippen molar-refractivity contribution in [3.05, 3.63) is 192 Å². The van der Waals surface area contributed by atoms with Crippen LogP contribution in [-0.4, -0.2) is 9.97 Å². The zero-order chi connectivity index (χ0) is 36.6.